The summed E-state index contributed by atoms with van der Waals surface area (Å²) in [5, 5.41) is 7.59. The van der Waals surface area contributed by atoms with Crippen LogP contribution >= 0.6 is 12.2 Å². The van der Waals surface area contributed by atoms with Crippen LogP contribution in [0.15, 0.2) is 54.6 Å². The summed E-state index contributed by atoms with van der Waals surface area (Å²) in [6, 6.07) is 19.4. The second-order valence-corrected chi connectivity index (χ2v) is 7.42. The third-order valence-electron chi connectivity index (χ3n) is 4.87. The van der Waals surface area contributed by atoms with Gasteiger partial charge in [-0.05, 0) is 36.7 Å². The van der Waals surface area contributed by atoms with E-state index in [9.17, 15) is 0 Å². The molecule has 0 unspecified atom stereocenters. The van der Waals surface area contributed by atoms with Gasteiger partial charge in [0.05, 0.1) is 19.3 Å². The fourth-order valence-corrected chi connectivity index (χ4v) is 3.49. The number of rotatable bonds is 7. The summed E-state index contributed by atoms with van der Waals surface area (Å²) in [5.74, 6) is 0. The Hall–Kier alpha value is -1.95. The number of ether oxygens (including phenoxy) is 1. The minimum Gasteiger partial charge on any atom is -0.379 e. The van der Waals surface area contributed by atoms with E-state index in [0.717, 1.165) is 45.8 Å². The summed E-state index contributed by atoms with van der Waals surface area (Å²) in [6.45, 7) is 7.42. The molecule has 1 heterocycles. The van der Waals surface area contributed by atoms with Crippen LogP contribution in [0.1, 0.15) is 22.7 Å². The second-order valence-electron chi connectivity index (χ2n) is 7.01. The molecule has 1 aliphatic rings. The molecule has 3 rings (SSSR count). The number of hydrogen-bond donors (Lipinski definition) is 2. The molecule has 27 heavy (non-hydrogen) atoms. The van der Waals surface area contributed by atoms with Crippen molar-refractivity contribution >= 4 is 17.3 Å². The number of morpholine rings is 1. The Morgan fingerprint density at radius 2 is 1.78 bits per heavy atom. The lowest BCUT2D eigenvalue weighted by Gasteiger charge is -2.31. The predicted octanol–water partition coefficient (Wildman–Crippen LogP) is 3.08. The molecular formula is C22H29N3OS. The molecule has 1 atom stereocenters. The van der Waals surface area contributed by atoms with Crippen LogP contribution in [0.4, 0.5) is 0 Å². The molecule has 0 amide bonds. The Bertz CT molecular complexity index is 699. The van der Waals surface area contributed by atoms with E-state index in [2.05, 4.69) is 71.0 Å². The van der Waals surface area contributed by atoms with Crippen molar-refractivity contribution in [3.8, 4) is 0 Å². The van der Waals surface area contributed by atoms with Gasteiger partial charge >= 0.3 is 0 Å². The molecule has 2 aromatic rings. The zero-order valence-corrected chi connectivity index (χ0v) is 16.8. The highest BCUT2D eigenvalue weighted by Gasteiger charge is 2.19. The van der Waals surface area contributed by atoms with Crippen molar-refractivity contribution in [2.45, 2.75) is 19.4 Å². The summed E-state index contributed by atoms with van der Waals surface area (Å²) in [7, 11) is 0. The number of thiocarbonyl (C=S) groups is 1. The first kappa shape index (κ1) is 19.8. The molecule has 2 aromatic carbocycles. The lowest BCUT2D eigenvalue weighted by Crippen LogP contribution is -2.45. The van der Waals surface area contributed by atoms with Gasteiger partial charge < -0.3 is 15.4 Å². The van der Waals surface area contributed by atoms with Crippen LogP contribution in [0.3, 0.4) is 0 Å². The largest absolute Gasteiger partial charge is 0.379 e. The average Bonchev–Trinajstić information content (AvgIpc) is 2.70. The van der Waals surface area contributed by atoms with Crippen molar-refractivity contribution in [1.29, 1.82) is 0 Å². The molecule has 1 saturated heterocycles. The van der Waals surface area contributed by atoms with Crippen molar-refractivity contribution in [3.63, 3.8) is 0 Å². The Labute approximate surface area is 167 Å². The Morgan fingerprint density at radius 1 is 1.07 bits per heavy atom. The molecule has 4 nitrogen and oxygen atoms in total. The minimum atomic E-state index is 0.167. The highest BCUT2D eigenvalue weighted by Crippen LogP contribution is 2.16. The number of hydrogen-bond acceptors (Lipinski definition) is 3. The average molecular weight is 384 g/mol. The second kappa shape index (κ2) is 10.4. The number of nitrogens with one attached hydrogen (secondary N) is 2. The van der Waals surface area contributed by atoms with Crippen LogP contribution in [0.5, 0.6) is 0 Å². The summed E-state index contributed by atoms with van der Waals surface area (Å²) in [5.41, 5.74) is 3.85. The molecule has 0 aliphatic carbocycles. The SMILES string of the molecule is Cc1ccc([C@@H](CN2CCOCC2)NC(=S)NCCc2ccccc2)cc1. The van der Waals surface area contributed by atoms with Gasteiger partial charge in [0.2, 0.25) is 0 Å². The van der Waals surface area contributed by atoms with Gasteiger partial charge in [-0.25, -0.2) is 0 Å². The van der Waals surface area contributed by atoms with E-state index >= 15 is 0 Å². The molecule has 5 heteroatoms. The maximum absolute atomic E-state index is 5.57. The molecule has 2 N–H and O–H groups in total. The molecule has 0 aromatic heterocycles. The maximum Gasteiger partial charge on any atom is 0.166 e. The smallest absolute Gasteiger partial charge is 0.166 e. The fraction of sp³-hybridized carbons (Fsp3) is 0.409. The molecule has 0 radical (unpaired) electrons. The third kappa shape index (κ3) is 6.61. The van der Waals surface area contributed by atoms with Gasteiger partial charge in [0.15, 0.2) is 5.11 Å². The van der Waals surface area contributed by atoms with Crippen molar-refractivity contribution in [1.82, 2.24) is 15.5 Å². The van der Waals surface area contributed by atoms with Gasteiger partial charge in [0.25, 0.3) is 0 Å². The fourth-order valence-electron chi connectivity index (χ4n) is 3.25. The van der Waals surface area contributed by atoms with Crippen LogP contribution in [-0.4, -0.2) is 49.4 Å². The van der Waals surface area contributed by atoms with E-state index in [1.807, 2.05) is 6.07 Å². The maximum atomic E-state index is 5.57. The summed E-state index contributed by atoms with van der Waals surface area (Å²) in [4.78, 5) is 2.44. The molecule has 144 valence electrons. The van der Waals surface area contributed by atoms with Gasteiger partial charge in [0, 0.05) is 26.2 Å². The molecule has 0 bridgehead atoms. The van der Waals surface area contributed by atoms with E-state index in [-0.39, 0.29) is 6.04 Å². The molecular weight excluding hydrogens is 354 g/mol. The summed E-state index contributed by atoms with van der Waals surface area (Å²) >= 11 is 5.57. The Morgan fingerprint density at radius 3 is 2.48 bits per heavy atom. The first-order valence-electron chi connectivity index (χ1n) is 9.65. The highest BCUT2D eigenvalue weighted by atomic mass is 32.1. The molecule has 1 aliphatic heterocycles. The highest BCUT2D eigenvalue weighted by molar-refractivity contribution is 7.80. The van der Waals surface area contributed by atoms with Crippen LogP contribution in [0.2, 0.25) is 0 Å². The number of nitrogens with zero attached hydrogens (tertiary/aromatic N) is 1. The normalized spacial score (nSPS) is 15.9. The van der Waals surface area contributed by atoms with Crippen molar-refractivity contribution in [2.75, 3.05) is 39.4 Å². The van der Waals surface area contributed by atoms with Crippen LogP contribution in [0, 0.1) is 6.92 Å². The topological polar surface area (TPSA) is 36.5 Å². The minimum absolute atomic E-state index is 0.167. The quantitative estimate of drug-likeness (QED) is 0.719. The monoisotopic (exact) mass is 383 g/mol. The Kier molecular flexibility index (Phi) is 7.63. The van der Waals surface area contributed by atoms with Gasteiger partial charge in [0.1, 0.15) is 0 Å². The van der Waals surface area contributed by atoms with Crippen molar-refractivity contribution in [3.05, 3.63) is 71.3 Å². The zero-order valence-electron chi connectivity index (χ0n) is 16.0. The lowest BCUT2D eigenvalue weighted by molar-refractivity contribution is 0.0343. The van der Waals surface area contributed by atoms with E-state index in [0.29, 0.717) is 5.11 Å². The van der Waals surface area contributed by atoms with Crippen LogP contribution < -0.4 is 10.6 Å². The standard InChI is InChI=1S/C22H29N3OS/c1-18-7-9-20(10-8-18)21(17-25-13-15-26-16-14-25)24-22(27)23-12-11-19-5-3-2-4-6-19/h2-10,21H,11-17H2,1H3,(H2,23,24,27)/t21-/m1/s1. The van der Waals surface area contributed by atoms with Crippen molar-refractivity contribution < 1.29 is 4.74 Å². The first-order valence-corrected chi connectivity index (χ1v) is 10.1. The van der Waals surface area contributed by atoms with Gasteiger partial charge in [-0.15, -0.1) is 0 Å². The number of aryl methyl sites for hydroxylation is 1. The molecule has 0 spiro atoms. The van der Waals surface area contributed by atoms with Crippen molar-refractivity contribution in [2.24, 2.45) is 0 Å². The van der Waals surface area contributed by atoms with Gasteiger partial charge in [-0.3, -0.25) is 4.90 Å². The summed E-state index contributed by atoms with van der Waals surface area (Å²) in [6.07, 6.45) is 0.960. The van der Waals surface area contributed by atoms with Crippen LogP contribution in [0.25, 0.3) is 0 Å². The van der Waals surface area contributed by atoms with Gasteiger partial charge in [-0.2, -0.15) is 0 Å². The van der Waals surface area contributed by atoms with E-state index in [4.69, 9.17) is 17.0 Å². The van der Waals surface area contributed by atoms with E-state index < -0.39 is 0 Å². The number of benzene rings is 2. The predicted molar refractivity (Wildman–Crippen MR) is 115 cm³/mol. The zero-order chi connectivity index (χ0) is 18.9. The van der Waals surface area contributed by atoms with E-state index in [1.54, 1.807) is 0 Å². The van der Waals surface area contributed by atoms with Crippen LogP contribution in [-0.2, 0) is 11.2 Å². The Balaban J connectivity index is 1.56. The van der Waals surface area contributed by atoms with Gasteiger partial charge in [-0.1, -0.05) is 60.2 Å². The molecule has 1 fully saturated rings. The van der Waals surface area contributed by atoms with E-state index in [1.165, 1.54) is 16.7 Å². The first-order chi connectivity index (χ1) is 13.2. The third-order valence-corrected chi connectivity index (χ3v) is 5.13. The lowest BCUT2D eigenvalue weighted by atomic mass is 10.0. The summed E-state index contributed by atoms with van der Waals surface area (Å²) < 4.78 is 5.48. The molecule has 0 saturated carbocycles.